The molecule has 2 N–H and O–H groups in total. The summed E-state index contributed by atoms with van der Waals surface area (Å²) < 4.78 is 4.00. The number of rotatable bonds is 3. The van der Waals surface area contributed by atoms with E-state index in [0.717, 1.165) is 46.9 Å². The van der Waals surface area contributed by atoms with Crippen LogP contribution in [-0.2, 0) is 13.1 Å². The molecule has 3 aromatic heterocycles. The van der Waals surface area contributed by atoms with Gasteiger partial charge in [-0.15, -0.1) is 0 Å². The van der Waals surface area contributed by atoms with Gasteiger partial charge in [-0.3, -0.25) is 14.8 Å². The van der Waals surface area contributed by atoms with E-state index in [4.69, 9.17) is 4.99 Å². The topological polar surface area (TPSA) is 88.7 Å². The first kappa shape index (κ1) is 14.9. The van der Waals surface area contributed by atoms with Crippen molar-refractivity contribution < 1.29 is 0 Å². The Labute approximate surface area is 149 Å². The molecule has 1 unspecified atom stereocenters. The van der Waals surface area contributed by atoms with E-state index < -0.39 is 0 Å². The number of aliphatic imine (C=N–C) groups is 1. The normalized spacial score (nSPS) is 16.5. The molecule has 1 aliphatic rings. The predicted molar refractivity (Wildman–Crippen MR) is 99.1 cm³/mol. The summed E-state index contributed by atoms with van der Waals surface area (Å²) in [7, 11) is 0. The summed E-state index contributed by atoms with van der Waals surface area (Å²) in [5.41, 5.74) is 3.07. The van der Waals surface area contributed by atoms with Crippen molar-refractivity contribution in [3.63, 3.8) is 0 Å². The van der Waals surface area contributed by atoms with Crippen molar-refractivity contribution in [1.29, 1.82) is 0 Å². The molecule has 0 saturated carbocycles. The van der Waals surface area contributed by atoms with E-state index in [1.165, 1.54) is 0 Å². The average molecular weight is 346 g/mol. The van der Waals surface area contributed by atoms with E-state index in [-0.39, 0.29) is 6.04 Å². The molecule has 1 aliphatic heterocycles. The first-order chi connectivity index (χ1) is 12.8. The molecule has 0 spiro atoms. The molecule has 8 heteroatoms. The standard InChI is InChI=1S/C18H18N8/c1-2-26-10-14(9-21-26)22-17-18-19-5-6-25(18)11-16(23-17)12-3-4-13-8-20-24-15(13)7-12/h3-10,16H,2,11H2,1H3,(H,20,24)(H,22,23). The van der Waals surface area contributed by atoms with Gasteiger partial charge in [-0.25, -0.2) is 4.98 Å². The van der Waals surface area contributed by atoms with E-state index in [9.17, 15) is 0 Å². The highest BCUT2D eigenvalue weighted by atomic mass is 15.3. The molecule has 8 nitrogen and oxygen atoms in total. The fraction of sp³-hybridized carbons (Fsp3) is 0.222. The molecular formula is C18H18N8. The number of amidine groups is 1. The Hall–Kier alpha value is -3.42. The van der Waals surface area contributed by atoms with Crippen LogP contribution >= 0.6 is 0 Å². The van der Waals surface area contributed by atoms with E-state index in [2.05, 4.69) is 55.3 Å². The molecule has 0 aliphatic carbocycles. The number of nitrogens with zero attached hydrogens (tertiary/aromatic N) is 6. The molecule has 5 rings (SSSR count). The average Bonchev–Trinajstić information content (AvgIpc) is 3.40. The van der Waals surface area contributed by atoms with Crippen molar-refractivity contribution in [3.05, 3.63) is 60.6 Å². The molecule has 4 heterocycles. The van der Waals surface area contributed by atoms with E-state index in [0.29, 0.717) is 0 Å². The van der Waals surface area contributed by atoms with Crippen molar-refractivity contribution in [2.75, 3.05) is 5.32 Å². The maximum atomic E-state index is 4.94. The highest BCUT2D eigenvalue weighted by molar-refractivity contribution is 6.06. The number of aromatic nitrogens is 6. The predicted octanol–water partition coefficient (Wildman–Crippen LogP) is 2.59. The van der Waals surface area contributed by atoms with E-state index in [1.54, 1.807) is 6.20 Å². The lowest BCUT2D eigenvalue weighted by molar-refractivity contribution is 0.558. The summed E-state index contributed by atoms with van der Waals surface area (Å²) in [5.74, 6) is 1.60. The third kappa shape index (κ3) is 2.46. The number of anilines is 1. The van der Waals surface area contributed by atoms with E-state index >= 15 is 0 Å². The second-order valence-corrected chi connectivity index (χ2v) is 6.32. The lowest BCUT2D eigenvalue weighted by atomic mass is 10.0. The van der Waals surface area contributed by atoms with Crippen LogP contribution in [0.15, 0.2) is 54.2 Å². The number of aromatic amines is 1. The van der Waals surface area contributed by atoms with Gasteiger partial charge in [0.05, 0.1) is 36.2 Å². The number of hydrogen-bond donors (Lipinski definition) is 2. The Balaban J connectivity index is 1.52. The number of fused-ring (bicyclic) bond motifs is 2. The SMILES string of the molecule is CCn1cc(NC2=NC(c3ccc4cn[nH]c4c3)Cn3ccnc32)cn1. The summed E-state index contributed by atoms with van der Waals surface area (Å²) in [6.45, 7) is 3.65. The Bertz CT molecular complexity index is 1100. The minimum absolute atomic E-state index is 0.00752. The van der Waals surface area contributed by atoms with Crippen molar-refractivity contribution in [1.82, 2.24) is 29.5 Å². The quantitative estimate of drug-likeness (QED) is 0.597. The van der Waals surface area contributed by atoms with Gasteiger partial charge in [0.2, 0.25) is 0 Å². The van der Waals surface area contributed by atoms with Gasteiger partial charge in [0.15, 0.2) is 11.7 Å². The van der Waals surface area contributed by atoms with Gasteiger partial charge in [-0.1, -0.05) is 12.1 Å². The summed E-state index contributed by atoms with van der Waals surface area (Å²) in [6, 6.07) is 6.31. The summed E-state index contributed by atoms with van der Waals surface area (Å²) in [6.07, 6.45) is 9.40. The van der Waals surface area contributed by atoms with Gasteiger partial charge in [-0.05, 0) is 18.6 Å². The van der Waals surface area contributed by atoms with Crippen LogP contribution < -0.4 is 5.32 Å². The molecule has 0 radical (unpaired) electrons. The van der Waals surface area contributed by atoms with Crippen LogP contribution in [0.1, 0.15) is 24.4 Å². The molecule has 1 atom stereocenters. The number of benzene rings is 1. The smallest absolute Gasteiger partial charge is 0.175 e. The minimum atomic E-state index is 0.00752. The summed E-state index contributed by atoms with van der Waals surface area (Å²) in [4.78, 5) is 9.40. The molecular weight excluding hydrogens is 328 g/mol. The molecule has 1 aromatic carbocycles. The van der Waals surface area contributed by atoms with Crippen LogP contribution in [0, 0.1) is 0 Å². The fourth-order valence-corrected chi connectivity index (χ4v) is 3.28. The summed E-state index contributed by atoms with van der Waals surface area (Å²) >= 11 is 0. The van der Waals surface area contributed by atoms with Crippen LogP contribution in [0.5, 0.6) is 0 Å². The minimum Gasteiger partial charge on any atom is -0.335 e. The first-order valence-electron chi connectivity index (χ1n) is 8.62. The summed E-state index contributed by atoms with van der Waals surface area (Å²) in [5, 5.41) is 15.9. The van der Waals surface area contributed by atoms with Crippen molar-refractivity contribution in [3.8, 4) is 0 Å². The Morgan fingerprint density at radius 1 is 1.31 bits per heavy atom. The molecule has 0 bridgehead atoms. The molecule has 0 amide bonds. The molecule has 4 aromatic rings. The Morgan fingerprint density at radius 3 is 3.15 bits per heavy atom. The number of nitrogens with one attached hydrogen (secondary N) is 2. The van der Waals surface area contributed by atoms with Crippen LogP contribution in [0.2, 0.25) is 0 Å². The number of aryl methyl sites for hydroxylation is 1. The monoisotopic (exact) mass is 346 g/mol. The second kappa shape index (κ2) is 5.83. The van der Waals surface area contributed by atoms with Gasteiger partial charge >= 0.3 is 0 Å². The van der Waals surface area contributed by atoms with Crippen molar-refractivity contribution >= 4 is 22.4 Å². The lowest BCUT2D eigenvalue weighted by Gasteiger charge is -2.23. The zero-order valence-electron chi connectivity index (χ0n) is 14.3. The molecule has 0 fully saturated rings. The van der Waals surface area contributed by atoms with Crippen LogP contribution in [0.4, 0.5) is 5.69 Å². The van der Waals surface area contributed by atoms with Crippen molar-refractivity contribution in [2.24, 2.45) is 4.99 Å². The van der Waals surface area contributed by atoms with Gasteiger partial charge < -0.3 is 9.88 Å². The maximum absolute atomic E-state index is 4.94. The Morgan fingerprint density at radius 2 is 2.27 bits per heavy atom. The Kier molecular flexibility index (Phi) is 3.34. The van der Waals surface area contributed by atoms with E-state index in [1.807, 2.05) is 29.5 Å². The maximum Gasteiger partial charge on any atom is 0.175 e. The van der Waals surface area contributed by atoms with Gasteiger partial charge in [0.25, 0.3) is 0 Å². The highest BCUT2D eigenvalue weighted by Crippen LogP contribution is 2.27. The van der Waals surface area contributed by atoms with Gasteiger partial charge in [0, 0.05) is 30.5 Å². The lowest BCUT2D eigenvalue weighted by Crippen LogP contribution is -2.26. The first-order valence-corrected chi connectivity index (χ1v) is 8.62. The number of hydrogen-bond acceptors (Lipinski definition) is 5. The van der Waals surface area contributed by atoms with Crippen LogP contribution in [0.3, 0.4) is 0 Å². The zero-order chi connectivity index (χ0) is 17.5. The van der Waals surface area contributed by atoms with Crippen LogP contribution in [0.25, 0.3) is 10.9 Å². The highest BCUT2D eigenvalue weighted by Gasteiger charge is 2.23. The second-order valence-electron chi connectivity index (χ2n) is 6.32. The van der Waals surface area contributed by atoms with Gasteiger partial charge in [-0.2, -0.15) is 10.2 Å². The third-order valence-electron chi connectivity index (χ3n) is 4.65. The molecule has 0 saturated heterocycles. The molecule has 26 heavy (non-hydrogen) atoms. The van der Waals surface area contributed by atoms with Crippen molar-refractivity contribution in [2.45, 2.75) is 26.1 Å². The number of H-pyrrole nitrogens is 1. The third-order valence-corrected chi connectivity index (χ3v) is 4.65. The van der Waals surface area contributed by atoms with Gasteiger partial charge in [0.1, 0.15) is 0 Å². The zero-order valence-corrected chi connectivity index (χ0v) is 14.3. The number of imidazole rings is 1. The molecule has 130 valence electrons. The largest absolute Gasteiger partial charge is 0.335 e. The fourth-order valence-electron chi connectivity index (χ4n) is 3.28. The van der Waals surface area contributed by atoms with Crippen LogP contribution in [-0.4, -0.2) is 35.4 Å².